The van der Waals surface area contributed by atoms with Crippen molar-refractivity contribution in [2.45, 2.75) is 6.42 Å². The summed E-state index contributed by atoms with van der Waals surface area (Å²) in [7, 11) is 3.66. The van der Waals surface area contributed by atoms with Gasteiger partial charge in [-0.3, -0.25) is 10.2 Å². The van der Waals surface area contributed by atoms with Gasteiger partial charge >= 0.3 is 0 Å². The molecule has 1 saturated heterocycles. The van der Waals surface area contributed by atoms with Crippen molar-refractivity contribution in [1.29, 1.82) is 0 Å². The second-order valence-corrected chi connectivity index (χ2v) is 4.63. The number of nitrogens with two attached hydrogens (primary N) is 2. The molecular formula is C10H18N8O. The Kier molecular flexibility index (Phi) is 3.65. The minimum atomic E-state index is -0.290. The van der Waals surface area contributed by atoms with E-state index >= 15 is 0 Å². The van der Waals surface area contributed by atoms with Gasteiger partial charge in [-0.15, -0.1) is 0 Å². The molecule has 1 atom stereocenters. The van der Waals surface area contributed by atoms with Gasteiger partial charge in [0.15, 0.2) is 0 Å². The molecule has 9 heteroatoms. The number of hydrogen-bond acceptors (Lipinski definition) is 8. The van der Waals surface area contributed by atoms with E-state index in [1.165, 1.54) is 0 Å². The van der Waals surface area contributed by atoms with Gasteiger partial charge in [0, 0.05) is 27.2 Å². The third-order valence-corrected chi connectivity index (χ3v) is 3.01. The van der Waals surface area contributed by atoms with E-state index in [-0.39, 0.29) is 17.8 Å². The van der Waals surface area contributed by atoms with E-state index in [4.69, 9.17) is 11.6 Å². The average Bonchev–Trinajstić information content (AvgIpc) is 2.87. The average molecular weight is 266 g/mol. The van der Waals surface area contributed by atoms with E-state index in [0.29, 0.717) is 31.4 Å². The number of primary amides is 1. The van der Waals surface area contributed by atoms with Gasteiger partial charge in [0.05, 0.1) is 5.92 Å². The van der Waals surface area contributed by atoms with E-state index in [1.54, 1.807) is 4.90 Å². The Hall–Kier alpha value is -2.16. The summed E-state index contributed by atoms with van der Waals surface area (Å²) in [4.78, 5) is 27.5. The van der Waals surface area contributed by atoms with Crippen LogP contribution < -0.4 is 26.8 Å². The number of anilines is 3. The third kappa shape index (κ3) is 2.81. The first-order valence-corrected chi connectivity index (χ1v) is 5.95. The summed E-state index contributed by atoms with van der Waals surface area (Å²) in [5.74, 6) is 6.18. The highest BCUT2D eigenvalue weighted by atomic mass is 16.1. The van der Waals surface area contributed by atoms with Crippen LogP contribution in [0.4, 0.5) is 17.8 Å². The summed E-state index contributed by atoms with van der Waals surface area (Å²) in [6, 6.07) is 0. The molecule has 1 fully saturated rings. The van der Waals surface area contributed by atoms with E-state index in [2.05, 4.69) is 20.4 Å². The van der Waals surface area contributed by atoms with E-state index in [0.717, 1.165) is 0 Å². The molecule has 1 aromatic heterocycles. The molecule has 0 radical (unpaired) electrons. The summed E-state index contributed by atoms with van der Waals surface area (Å²) >= 11 is 0. The summed E-state index contributed by atoms with van der Waals surface area (Å²) in [5, 5.41) is 0. The Morgan fingerprint density at radius 1 is 1.42 bits per heavy atom. The minimum absolute atomic E-state index is 0.158. The van der Waals surface area contributed by atoms with Crippen molar-refractivity contribution in [2.75, 3.05) is 42.4 Å². The lowest BCUT2D eigenvalue weighted by Crippen LogP contribution is -2.29. The van der Waals surface area contributed by atoms with Crippen LogP contribution in [-0.4, -0.2) is 48.0 Å². The Balaban J connectivity index is 2.25. The van der Waals surface area contributed by atoms with Gasteiger partial charge in [-0.25, -0.2) is 5.84 Å². The molecule has 0 aromatic carbocycles. The maximum absolute atomic E-state index is 11.2. The Labute approximate surface area is 111 Å². The van der Waals surface area contributed by atoms with Gasteiger partial charge in [0.2, 0.25) is 23.8 Å². The van der Waals surface area contributed by atoms with Crippen molar-refractivity contribution in [3.05, 3.63) is 0 Å². The highest BCUT2D eigenvalue weighted by molar-refractivity contribution is 5.78. The maximum atomic E-state index is 11.2. The van der Waals surface area contributed by atoms with Crippen LogP contribution in [0.5, 0.6) is 0 Å². The number of carbonyl (C=O) groups is 1. The number of rotatable bonds is 4. The second kappa shape index (κ2) is 5.22. The molecule has 0 aliphatic carbocycles. The molecule has 2 heterocycles. The first kappa shape index (κ1) is 13.3. The number of hydrogen-bond donors (Lipinski definition) is 3. The zero-order chi connectivity index (χ0) is 14.0. The second-order valence-electron chi connectivity index (χ2n) is 4.63. The van der Waals surface area contributed by atoms with Crippen LogP contribution >= 0.6 is 0 Å². The monoisotopic (exact) mass is 266 g/mol. The smallest absolute Gasteiger partial charge is 0.243 e. The highest BCUT2D eigenvalue weighted by Crippen LogP contribution is 2.22. The molecule has 1 amide bonds. The molecule has 0 saturated carbocycles. The Bertz CT molecular complexity index is 477. The number of aromatic nitrogens is 3. The first-order chi connectivity index (χ1) is 9.01. The maximum Gasteiger partial charge on any atom is 0.243 e. The number of nitrogens with one attached hydrogen (secondary N) is 1. The first-order valence-electron chi connectivity index (χ1n) is 5.95. The van der Waals surface area contributed by atoms with Crippen LogP contribution in [-0.2, 0) is 4.79 Å². The molecule has 0 spiro atoms. The molecule has 5 N–H and O–H groups in total. The fourth-order valence-corrected chi connectivity index (χ4v) is 1.93. The zero-order valence-electron chi connectivity index (χ0n) is 11.0. The Morgan fingerprint density at radius 3 is 2.68 bits per heavy atom. The Morgan fingerprint density at radius 2 is 2.16 bits per heavy atom. The van der Waals surface area contributed by atoms with Crippen molar-refractivity contribution in [2.24, 2.45) is 17.5 Å². The van der Waals surface area contributed by atoms with Gasteiger partial charge < -0.3 is 15.5 Å². The molecule has 1 unspecified atom stereocenters. The predicted octanol–water partition coefficient (Wildman–Crippen LogP) is -1.47. The van der Waals surface area contributed by atoms with E-state index < -0.39 is 0 Å². The molecule has 19 heavy (non-hydrogen) atoms. The van der Waals surface area contributed by atoms with Crippen LogP contribution in [0.1, 0.15) is 6.42 Å². The van der Waals surface area contributed by atoms with Crippen LogP contribution in [0.25, 0.3) is 0 Å². The lowest BCUT2D eigenvalue weighted by molar-refractivity contribution is -0.121. The summed E-state index contributed by atoms with van der Waals surface area (Å²) in [6.07, 6.45) is 0.712. The molecule has 1 aliphatic rings. The van der Waals surface area contributed by atoms with Gasteiger partial charge in [-0.05, 0) is 6.42 Å². The van der Waals surface area contributed by atoms with Crippen LogP contribution in [0.15, 0.2) is 0 Å². The topological polar surface area (TPSA) is 126 Å². The normalized spacial score (nSPS) is 18.5. The lowest BCUT2D eigenvalue weighted by atomic mass is 10.1. The van der Waals surface area contributed by atoms with Crippen molar-refractivity contribution < 1.29 is 4.79 Å². The number of hydrazine groups is 1. The largest absolute Gasteiger partial charge is 0.369 e. The molecule has 0 bridgehead atoms. The fraction of sp³-hybridized carbons (Fsp3) is 0.600. The van der Waals surface area contributed by atoms with Crippen molar-refractivity contribution >= 4 is 23.8 Å². The molecule has 2 rings (SSSR count). The van der Waals surface area contributed by atoms with Gasteiger partial charge in [0.25, 0.3) is 0 Å². The summed E-state index contributed by atoms with van der Waals surface area (Å²) < 4.78 is 0. The van der Waals surface area contributed by atoms with Crippen molar-refractivity contribution in [1.82, 2.24) is 15.0 Å². The van der Waals surface area contributed by atoms with Gasteiger partial charge in [-0.1, -0.05) is 0 Å². The van der Waals surface area contributed by atoms with Crippen molar-refractivity contribution in [3.63, 3.8) is 0 Å². The third-order valence-electron chi connectivity index (χ3n) is 3.01. The van der Waals surface area contributed by atoms with E-state index in [1.807, 2.05) is 19.0 Å². The number of nitrogens with zero attached hydrogens (tertiary/aromatic N) is 5. The van der Waals surface area contributed by atoms with Crippen LogP contribution in [0.3, 0.4) is 0 Å². The molecule has 9 nitrogen and oxygen atoms in total. The van der Waals surface area contributed by atoms with Crippen LogP contribution in [0, 0.1) is 5.92 Å². The number of amides is 1. The van der Waals surface area contributed by atoms with Crippen LogP contribution in [0.2, 0.25) is 0 Å². The molecular weight excluding hydrogens is 248 g/mol. The molecule has 1 aliphatic heterocycles. The lowest BCUT2D eigenvalue weighted by Gasteiger charge is -2.18. The number of nitrogen functional groups attached to an aromatic ring is 1. The minimum Gasteiger partial charge on any atom is -0.369 e. The quantitative estimate of drug-likeness (QED) is 0.445. The summed E-state index contributed by atoms with van der Waals surface area (Å²) in [5.41, 5.74) is 7.73. The number of carbonyl (C=O) groups excluding carboxylic acids is 1. The van der Waals surface area contributed by atoms with Crippen molar-refractivity contribution in [3.8, 4) is 0 Å². The fourth-order valence-electron chi connectivity index (χ4n) is 1.93. The van der Waals surface area contributed by atoms with E-state index in [9.17, 15) is 4.79 Å². The van der Waals surface area contributed by atoms with Gasteiger partial charge in [-0.2, -0.15) is 15.0 Å². The summed E-state index contributed by atoms with van der Waals surface area (Å²) in [6.45, 7) is 1.21. The molecule has 104 valence electrons. The predicted molar refractivity (Wildman–Crippen MR) is 71.5 cm³/mol. The molecule has 1 aromatic rings. The standard InChI is InChI=1S/C10H18N8O/c1-17(2)9-13-8(16-12)14-10(15-9)18-4-3-6(5-18)7(11)19/h6H,3-5,12H2,1-2H3,(H2,11,19)(H,13,14,15,16). The highest BCUT2D eigenvalue weighted by Gasteiger charge is 2.28. The van der Waals surface area contributed by atoms with Gasteiger partial charge in [0.1, 0.15) is 0 Å². The zero-order valence-corrected chi connectivity index (χ0v) is 11.0. The SMILES string of the molecule is CN(C)c1nc(NN)nc(N2CCC(C(N)=O)C2)n1.